The molecule has 0 saturated heterocycles. The summed E-state index contributed by atoms with van der Waals surface area (Å²) >= 11 is 0. The lowest BCUT2D eigenvalue weighted by Gasteiger charge is -2.13. The molecule has 0 fully saturated rings. The van der Waals surface area contributed by atoms with Crippen molar-refractivity contribution >= 4 is 21.4 Å². The number of aromatic nitrogens is 2. The highest BCUT2D eigenvalue weighted by Crippen LogP contribution is 2.14. The van der Waals surface area contributed by atoms with Gasteiger partial charge in [-0.3, -0.25) is 9.48 Å². The minimum atomic E-state index is -3.11. The summed E-state index contributed by atoms with van der Waals surface area (Å²) < 4.78 is 23.7. The van der Waals surface area contributed by atoms with Crippen LogP contribution < -0.4 is 11.1 Å². The highest BCUT2D eigenvalue weighted by atomic mass is 32.2. The van der Waals surface area contributed by atoms with Crippen molar-refractivity contribution in [1.82, 2.24) is 15.1 Å². The van der Waals surface area contributed by atoms with E-state index in [-0.39, 0.29) is 18.2 Å². The van der Waals surface area contributed by atoms with Gasteiger partial charge in [-0.2, -0.15) is 5.10 Å². The number of nitrogens with zero attached hydrogens (tertiary/aromatic N) is 2. The number of aryl methyl sites for hydroxylation is 1. The summed E-state index contributed by atoms with van der Waals surface area (Å²) in [6.45, 7) is 5.22. The average Bonchev–Trinajstić information content (AvgIpc) is 2.43. The summed E-state index contributed by atoms with van der Waals surface area (Å²) in [6, 6.07) is -0.434. The molecule has 0 aliphatic rings. The third kappa shape index (κ3) is 4.55. The lowest BCUT2D eigenvalue weighted by Crippen LogP contribution is -2.39. The number of hydrogen-bond donors (Lipinski definition) is 2. The van der Waals surface area contributed by atoms with Crippen LogP contribution in [0.15, 0.2) is 0 Å². The fourth-order valence-electron chi connectivity index (χ4n) is 1.82. The Morgan fingerprint density at radius 3 is 2.47 bits per heavy atom. The van der Waals surface area contributed by atoms with Gasteiger partial charge in [0, 0.05) is 12.3 Å². The second kappa shape index (κ2) is 5.60. The number of carbonyl (C=O) groups is 1. The predicted molar refractivity (Wildman–Crippen MR) is 73.4 cm³/mol. The zero-order chi connectivity index (χ0) is 14.8. The Hall–Kier alpha value is -1.57. The number of nitrogens with two attached hydrogens (primary N) is 1. The van der Waals surface area contributed by atoms with Crippen molar-refractivity contribution in [2.24, 2.45) is 0 Å². The van der Waals surface area contributed by atoms with Gasteiger partial charge < -0.3 is 11.1 Å². The summed E-state index contributed by atoms with van der Waals surface area (Å²) in [5.74, 6) is -0.375. The second-order valence-electron chi connectivity index (χ2n) is 4.80. The molecule has 1 unspecified atom stereocenters. The molecule has 0 radical (unpaired) electrons. The standard InChI is InChI=1S/C11H20N4O3S/c1-7(6-19(4,17)18)13-10(16)5-15-9(3)11(12)8(2)14-15/h7H,5-6,12H2,1-4H3,(H,13,16). The Balaban J connectivity index is 2.63. The molecule has 108 valence electrons. The molecule has 19 heavy (non-hydrogen) atoms. The van der Waals surface area contributed by atoms with E-state index in [0.29, 0.717) is 11.4 Å². The molecule has 0 bridgehead atoms. The SMILES string of the molecule is Cc1nn(CC(=O)NC(C)CS(C)(=O)=O)c(C)c1N. The fraction of sp³-hybridized carbons (Fsp3) is 0.636. The maximum atomic E-state index is 11.8. The van der Waals surface area contributed by atoms with Crippen LogP contribution in [0, 0.1) is 13.8 Å². The van der Waals surface area contributed by atoms with E-state index in [9.17, 15) is 13.2 Å². The first-order chi connectivity index (χ1) is 8.60. The molecule has 7 nitrogen and oxygen atoms in total. The quantitative estimate of drug-likeness (QED) is 0.769. The number of sulfone groups is 1. The Morgan fingerprint density at radius 1 is 1.47 bits per heavy atom. The Morgan fingerprint density at radius 2 is 2.05 bits per heavy atom. The van der Waals surface area contributed by atoms with Gasteiger partial charge in [0.25, 0.3) is 0 Å². The number of nitrogens with one attached hydrogen (secondary N) is 1. The number of amides is 1. The van der Waals surface area contributed by atoms with E-state index >= 15 is 0 Å². The van der Waals surface area contributed by atoms with Gasteiger partial charge in [0.05, 0.1) is 22.8 Å². The van der Waals surface area contributed by atoms with Gasteiger partial charge in [-0.25, -0.2) is 8.42 Å². The first-order valence-electron chi connectivity index (χ1n) is 5.86. The third-order valence-electron chi connectivity index (χ3n) is 2.69. The maximum Gasteiger partial charge on any atom is 0.241 e. The van der Waals surface area contributed by atoms with Crippen molar-refractivity contribution < 1.29 is 13.2 Å². The van der Waals surface area contributed by atoms with E-state index in [1.807, 2.05) is 0 Å². The Kier molecular flexibility index (Phi) is 4.56. The highest BCUT2D eigenvalue weighted by Gasteiger charge is 2.15. The maximum absolute atomic E-state index is 11.8. The van der Waals surface area contributed by atoms with E-state index in [4.69, 9.17) is 5.73 Å². The molecule has 1 rings (SSSR count). The first kappa shape index (κ1) is 15.5. The van der Waals surface area contributed by atoms with Gasteiger partial charge in [-0.1, -0.05) is 0 Å². The second-order valence-corrected chi connectivity index (χ2v) is 6.99. The topological polar surface area (TPSA) is 107 Å². The zero-order valence-electron chi connectivity index (χ0n) is 11.6. The van der Waals surface area contributed by atoms with Gasteiger partial charge >= 0.3 is 0 Å². The lowest BCUT2D eigenvalue weighted by molar-refractivity contribution is -0.122. The molecular weight excluding hydrogens is 268 g/mol. The van der Waals surface area contributed by atoms with Crippen LogP contribution in [-0.4, -0.2) is 42.2 Å². The van der Waals surface area contributed by atoms with Crippen molar-refractivity contribution in [3.8, 4) is 0 Å². The highest BCUT2D eigenvalue weighted by molar-refractivity contribution is 7.90. The average molecular weight is 288 g/mol. The minimum Gasteiger partial charge on any atom is -0.396 e. The number of rotatable bonds is 5. The summed E-state index contributed by atoms with van der Waals surface area (Å²) in [7, 11) is -3.11. The minimum absolute atomic E-state index is 0.0258. The van der Waals surface area contributed by atoms with Crippen LogP contribution in [0.5, 0.6) is 0 Å². The van der Waals surface area contributed by atoms with Crippen molar-refractivity contribution in [2.45, 2.75) is 33.4 Å². The molecule has 0 saturated carbocycles. The van der Waals surface area contributed by atoms with Crippen molar-refractivity contribution in [3.63, 3.8) is 0 Å². The van der Waals surface area contributed by atoms with Crippen molar-refractivity contribution in [3.05, 3.63) is 11.4 Å². The number of hydrogen-bond acceptors (Lipinski definition) is 5. The fourth-order valence-corrected chi connectivity index (χ4v) is 2.81. The van der Waals surface area contributed by atoms with E-state index in [1.165, 1.54) is 4.68 Å². The van der Waals surface area contributed by atoms with Crippen LogP contribution in [-0.2, 0) is 21.2 Å². The normalized spacial score (nSPS) is 13.3. The smallest absolute Gasteiger partial charge is 0.241 e. The molecule has 3 N–H and O–H groups in total. The van der Waals surface area contributed by atoms with Gasteiger partial charge in [-0.05, 0) is 20.8 Å². The zero-order valence-corrected chi connectivity index (χ0v) is 12.4. The summed E-state index contributed by atoms with van der Waals surface area (Å²) in [5, 5.41) is 6.77. The summed E-state index contributed by atoms with van der Waals surface area (Å²) in [6.07, 6.45) is 1.14. The van der Waals surface area contributed by atoms with Crippen LogP contribution in [0.4, 0.5) is 5.69 Å². The predicted octanol–water partition coefficient (Wildman–Crippen LogP) is -0.369. The van der Waals surface area contributed by atoms with Crippen LogP contribution >= 0.6 is 0 Å². The monoisotopic (exact) mass is 288 g/mol. The van der Waals surface area contributed by atoms with Crippen LogP contribution in [0.3, 0.4) is 0 Å². The molecule has 1 aromatic heterocycles. The number of nitrogen functional groups attached to an aromatic ring is 1. The molecule has 0 aliphatic heterocycles. The van der Waals surface area contributed by atoms with E-state index in [1.54, 1.807) is 20.8 Å². The van der Waals surface area contributed by atoms with E-state index < -0.39 is 15.9 Å². The molecule has 8 heteroatoms. The van der Waals surface area contributed by atoms with Crippen LogP contribution in [0.25, 0.3) is 0 Å². The lowest BCUT2D eigenvalue weighted by atomic mass is 10.3. The molecule has 0 spiro atoms. The molecule has 0 aliphatic carbocycles. The summed E-state index contributed by atoms with van der Waals surface area (Å²) in [5.41, 5.74) is 7.74. The third-order valence-corrected chi connectivity index (χ3v) is 3.80. The molecule has 1 aromatic rings. The molecule has 0 aromatic carbocycles. The molecule has 1 heterocycles. The van der Waals surface area contributed by atoms with Crippen molar-refractivity contribution in [2.75, 3.05) is 17.7 Å². The van der Waals surface area contributed by atoms with Crippen LogP contribution in [0.2, 0.25) is 0 Å². The van der Waals surface area contributed by atoms with Crippen molar-refractivity contribution in [1.29, 1.82) is 0 Å². The van der Waals surface area contributed by atoms with Gasteiger partial charge in [0.1, 0.15) is 16.4 Å². The summed E-state index contributed by atoms with van der Waals surface area (Å²) in [4.78, 5) is 11.8. The largest absolute Gasteiger partial charge is 0.396 e. The molecular formula is C11H20N4O3S. The van der Waals surface area contributed by atoms with Crippen LogP contribution in [0.1, 0.15) is 18.3 Å². The van der Waals surface area contributed by atoms with E-state index in [0.717, 1.165) is 11.9 Å². The number of anilines is 1. The molecule has 1 atom stereocenters. The van der Waals surface area contributed by atoms with E-state index in [2.05, 4.69) is 10.4 Å². The molecule has 1 amide bonds. The Bertz CT molecular complexity index is 577. The van der Waals surface area contributed by atoms with Gasteiger partial charge in [-0.15, -0.1) is 0 Å². The first-order valence-corrected chi connectivity index (χ1v) is 7.92. The van der Waals surface area contributed by atoms with Gasteiger partial charge in [0.15, 0.2) is 0 Å². The Labute approximate surface area is 113 Å². The number of carbonyl (C=O) groups excluding carboxylic acids is 1. The van der Waals surface area contributed by atoms with Gasteiger partial charge in [0.2, 0.25) is 5.91 Å².